The van der Waals surface area contributed by atoms with E-state index in [-0.39, 0.29) is 0 Å². The van der Waals surface area contributed by atoms with Crippen molar-refractivity contribution in [1.29, 1.82) is 0 Å². The van der Waals surface area contributed by atoms with Crippen LogP contribution in [0, 0.1) is 0 Å². The van der Waals surface area contributed by atoms with E-state index in [9.17, 15) is 15.0 Å². The molecule has 23 heavy (non-hydrogen) atoms. The van der Waals surface area contributed by atoms with Crippen LogP contribution in [0.5, 0.6) is 0 Å². The Bertz CT molecular complexity index is 559. The summed E-state index contributed by atoms with van der Waals surface area (Å²) < 4.78 is 22.4. The second-order valence-electron chi connectivity index (χ2n) is 6.06. The van der Waals surface area contributed by atoms with Crippen molar-refractivity contribution in [3.63, 3.8) is 0 Å². The zero-order valence-electron chi connectivity index (χ0n) is 12.9. The van der Waals surface area contributed by atoms with E-state index in [0.717, 1.165) is 0 Å². The molecule has 2 heterocycles. The van der Waals surface area contributed by atoms with Crippen LogP contribution < -0.4 is 0 Å². The molecule has 5 atom stereocenters. The monoisotopic (exact) mass is 324 g/mol. The average molecular weight is 324 g/mol. The molecule has 3 rings (SSSR count). The highest BCUT2D eigenvalue weighted by Gasteiger charge is 2.58. The third-order valence-corrected chi connectivity index (χ3v) is 3.85. The predicted octanol–water partition coefficient (Wildman–Crippen LogP) is 0.442. The van der Waals surface area contributed by atoms with Gasteiger partial charge in [-0.05, 0) is 26.0 Å². The van der Waals surface area contributed by atoms with Gasteiger partial charge >= 0.3 is 5.97 Å². The summed E-state index contributed by atoms with van der Waals surface area (Å²) in [5.74, 6) is -1.43. The minimum absolute atomic E-state index is 0.381. The molecule has 1 aromatic carbocycles. The van der Waals surface area contributed by atoms with Gasteiger partial charge in [-0.1, -0.05) is 18.2 Å². The van der Waals surface area contributed by atoms with E-state index in [0.29, 0.717) is 5.56 Å². The Morgan fingerprint density at radius 2 is 2.00 bits per heavy atom. The SMILES string of the molecule is CC1(C)O[C@H]2O[C@H](C(O)CO)[C@H](OC(=O)c3ccccc3)[C@H]2O1. The molecular weight excluding hydrogens is 304 g/mol. The number of fused-ring (bicyclic) bond motifs is 1. The maximum absolute atomic E-state index is 12.3. The van der Waals surface area contributed by atoms with Gasteiger partial charge in [-0.3, -0.25) is 0 Å². The fourth-order valence-electron chi connectivity index (χ4n) is 2.82. The Labute approximate surface area is 133 Å². The molecule has 7 heteroatoms. The van der Waals surface area contributed by atoms with Gasteiger partial charge in [0.05, 0.1) is 12.2 Å². The van der Waals surface area contributed by atoms with Crippen LogP contribution in [0.3, 0.4) is 0 Å². The summed E-state index contributed by atoms with van der Waals surface area (Å²) in [7, 11) is 0. The molecule has 0 aliphatic carbocycles. The van der Waals surface area contributed by atoms with Gasteiger partial charge in [0.15, 0.2) is 24.3 Å². The molecule has 0 radical (unpaired) electrons. The van der Waals surface area contributed by atoms with Gasteiger partial charge in [-0.15, -0.1) is 0 Å². The first kappa shape index (κ1) is 16.4. The highest BCUT2D eigenvalue weighted by Crippen LogP contribution is 2.39. The summed E-state index contributed by atoms with van der Waals surface area (Å²) in [4.78, 5) is 12.3. The Balaban J connectivity index is 1.79. The van der Waals surface area contributed by atoms with E-state index in [4.69, 9.17) is 18.9 Å². The molecule has 2 saturated heterocycles. The number of carbonyl (C=O) groups is 1. The van der Waals surface area contributed by atoms with Crippen molar-refractivity contribution in [3.05, 3.63) is 35.9 Å². The molecule has 126 valence electrons. The molecule has 1 unspecified atom stereocenters. The number of aliphatic hydroxyl groups is 2. The van der Waals surface area contributed by atoms with Crippen LogP contribution in [0.1, 0.15) is 24.2 Å². The zero-order chi connectivity index (χ0) is 16.6. The number of aliphatic hydroxyl groups excluding tert-OH is 2. The maximum Gasteiger partial charge on any atom is 0.338 e. The highest BCUT2D eigenvalue weighted by atomic mass is 16.8. The van der Waals surface area contributed by atoms with Gasteiger partial charge in [-0.25, -0.2) is 4.79 Å². The number of rotatable bonds is 4. The fraction of sp³-hybridized carbons (Fsp3) is 0.562. The summed E-state index contributed by atoms with van der Waals surface area (Å²) in [6, 6.07) is 8.50. The summed E-state index contributed by atoms with van der Waals surface area (Å²) in [5, 5.41) is 19.1. The van der Waals surface area contributed by atoms with Crippen molar-refractivity contribution < 1.29 is 34.0 Å². The molecule has 2 aliphatic rings. The van der Waals surface area contributed by atoms with E-state index >= 15 is 0 Å². The third-order valence-electron chi connectivity index (χ3n) is 3.85. The van der Waals surface area contributed by atoms with E-state index in [1.807, 2.05) is 0 Å². The first-order valence-electron chi connectivity index (χ1n) is 7.47. The Kier molecular flexibility index (Phi) is 4.39. The van der Waals surface area contributed by atoms with Gasteiger partial charge in [0, 0.05) is 0 Å². The molecule has 2 aliphatic heterocycles. The van der Waals surface area contributed by atoms with Crippen LogP contribution in [-0.4, -0.2) is 59.3 Å². The van der Waals surface area contributed by atoms with Crippen LogP contribution in [0.15, 0.2) is 30.3 Å². The Morgan fingerprint density at radius 3 is 2.65 bits per heavy atom. The number of ether oxygens (including phenoxy) is 4. The first-order chi connectivity index (χ1) is 10.9. The maximum atomic E-state index is 12.3. The number of hydrogen-bond donors (Lipinski definition) is 2. The molecule has 0 amide bonds. The molecule has 0 spiro atoms. The van der Waals surface area contributed by atoms with Gasteiger partial charge in [0.2, 0.25) is 0 Å². The molecule has 1 aromatic rings. The van der Waals surface area contributed by atoms with Crippen molar-refractivity contribution in [2.75, 3.05) is 6.61 Å². The quantitative estimate of drug-likeness (QED) is 0.776. The number of benzene rings is 1. The average Bonchev–Trinajstić information content (AvgIpc) is 3.00. The van der Waals surface area contributed by atoms with Crippen LogP contribution in [0.4, 0.5) is 0 Å². The molecule has 2 fully saturated rings. The van der Waals surface area contributed by atoms with Gasteiger partial charge in [-0.2, -0.15) is 0 Å². The van der Waals surface area contributed by atoms with Crippen LogP contribution in [-0.2, 0) is 18.9 Å². The summed E-state index contributed by atoms with van der Waals surface area (Å²) in [6.07, 6.45) is -4.42. The van der Waals surface area contributed by atoms with E-state index in [1.54, 1.807) is 44.2 Å². The number of esters is 1. The topological polar surface area (TPSA) is 94.5 Å². The second kappa shape index (κ2) is 6.18. The largest absolute Gasteiger partial charge is 0.453 e. The molecule has 7 nitrogen and oxygen atoms in total. The molecule has 2 N–H and O–H groups in total. The van der Waals surface area contributed by atoms with Crippen molar-refractivity contribution in [1.82, 2.24) is 0 Å². The second-order valence-corrected chi connectivity index (χ2v) is 6.06. The van der Waals surface area contributed by atoms with Crippen LogP contribution in [0.2, 0.25) is 0 Å². The van der Waals surface area contributed by atoms with Crippen LogP contribution >= 0.6 is 0 Å². The van der Waals surface area contributed by atoms with Gasteiger partial charge in [0.1, 0.15) is 12.2 Å². The van der Waals surface area contributed by atoms with Gasteiger partial charge < -0.3 is 29.2 Å². The van der Waals surface area contributed by atoms with Crippen molar-refractivity contribution >= 4 is 5.97 Å². The summed E-state index contributed by atoms with van der Waals surface area (Å²) in [6.45, 7) is 2.93. The van der Waals surface area contributed by atoms with E-state index in [2.05, 4.69) is 0 Å². The minimum Gasteiger partial charge on any atom is -0.453 e. The number of hydrogen-bond acceptors (Lipinski definition) is 7. The smallest absolute Gasteiger partial charge is 0.338 e. The zero-order valence-corrected chi connectivity index (χ0v) is 12.9. The lowest BCUT2D eigenvalue weighted by atomic mass is 10.1. The minimum atomic E-state index is -1.20. The van der Waals surface area contributed by atoms with Crippen molar-refractivity contribution in [3.8, 4) is 0 Å². The number of carbonyl (C=O) groups excluding carboxylic acids is 1. The predicted molar refractivity (Wildman–Crippen MR) is 77.4 cm³/mol. The van der Waals surface area contributed by atoms with Gasteiger partial charge in [0.25, 0.3) is 0 Å². The summed E-state index contributed by atoms with van der Waals surface area (Å²) >= 11 is 0. The molecule has 0 bridgehead atoms. The lowest BCUT2D eigenvalue weighted by Crippen LogP contribution is -2.45. The Morgan fingerprint density at radius 1 is 1.30 bits per heavy atom. The molecule has 0 saturated carbocycles. The Hall–Kier alpha value is -1.51. The fourth-order valence-corrected chi connectivity index (χ4v) is 2.82. The van der Waals surface area contributed by atoms with E-state index in [1.165, 1.54) is 0 Å². The molecule has 0 aromatic heterocycles. The van der Waals surface area contributed by atoms with Crippen molar-refractivity contribution in [2.45, 2.75) is 50.3 Å². The third kappa shape index (κ3) is 3.24. The van der Waals surface area contributed by atoms with Crippen LogP contribution in [0.25, 0.3) is 0 Å². The lowest BCUT2D eigenvalue weighted by Gasteiger charge is -2.27. The first-order valence-corrected chi connectivity index (χ1v) is 7.47. The molecular formula is C16H20O7. The van der Waals surface area contributed by atoms with Crippen molar-refractivity contribution in [2.24, 2.45) is 0 Å². The normalized spacial score (nSPS) is 33.2. The summed E-state index contributed by atoms with van der Waals surface area (Å²) in [5.41, 5.74) is 0.381. The standard InChI is InChI=1S/C16H20O7/c1-16(2)22-13-12(11(10(18)8-17)21-15(13)23-16)20-14(19)9-6-4-3-5-7-9/h3-7,10-13,15,17-18H,8H2,1-2H3/t10?,11-,12+,13-,15-/m1/s1. The van der Waals surface area contributed by atoms with E-state index < -0.39 is 49.1 Å². The highest BCUT2D eigenvalue weighted by molar-refractivity contribution is 5.89. The lowest BCUT2D eigenvalue weighted by molar-refractivity contribution is -0.227.